The maximum absolute atomic E-state index is 12.9. The molecule has 0 unspecified atom stereocenters. The van der Waals surface area contributed by atoms with E-state index >= 15 is 0 Å². The topological polar surface area (TPSA) is 81.5 Å². The van der Waals surface area contributed by atoms with E-state index in [-0.39, 0.29) is 23.2 Å². The van der Waals surface area contributed by atoms with Crippen molar-refractivity contribution in [3.63, 3.8) is 0 Å². The van der Waals surface area contributed by atoms with E-state index in [4.69, 9.17) is 4.74 Å². The van der Waals surface area contributed by atoms with Crippen molar-refractivity contribution in [1.29, 1.82) is 0 Å². The second-order valence-electron chi connectivity index (χ2n) is 6.94. The first-order chi connectivity index (χ1) is 14.1. The Hall–Kier alpha value is -3.67. The normalized spacial score (nSPS) is 13.7. The van der Waals surface area contributed by atoms with Gasteiger partial charge >= 0.3 is 0 Å². The number of nitro benzene ring substituents is 1. The number of hydrogen-bond donors (Lipinski definition) is 1. The van der Waals surface area contributed by atoms with Crippen molar-refractivity contribution in [1.82, 2.24) is 5.32 Å². The van der Waals surface area contributed by atoms with Gasteiger partial charge in [0.1, 0.15) is 5.75 Å². The van der Waals surface area contributed by atoms with Crippen molar-refractivity contribution in [3.8, 4) is 5.75 Å². The van der Waals surface area contributed by atoms with Gasteiger partial charge in [0.25, 0.3) is 11.6 Å². The summed E-state index contributed by atoms with van der Waals surface area (Å²) in [6, 6.07) is 21.0. The van der Waals surface area contributed by atoms with E-state index in [2.05, 4.69) is 11.4 Å². The van der Waals surface area contributed by atoms with Gasteiger partial charge in [-0.15, -0.1) is 0 Å². The molecule has 0 bridgehead atoms. The highest BCUT2D eigenvalue weighted by atomic mass is 16.6. The molecular formula is C23H20N2O4. The molecule has 146 valence electrons. The van der Waals surface area contributed by atoms with Crippen LogP contribution < -0.4 is 10.1 Å². The van der Waals surface area contributed by atoms with E-state index in [9.17, 15) is 14.9 Å². The molecule has 0 saturated carbocycles. The summed E-state index contributed by atoms with van der Waals surface area (Å²) in [5.41, 5.74) is 3.14. The lowest BCUT2D eigenvalue weighted by atomic mass is 9.94. The Morgan fingerprint density at radius 3 is 2.62 bits per heavy atom. The molecule has 6 nitrogen and oxygen atoms in total. The molecule has 3 aromatic rings. The maximum Gasteiger partial charge on any atom is 0.270 e. The molecule has 1 heterocycles. The van der Waals surface area contributed by atoms with Crippen molar-refractivity contribution in [2.45, 2.75) is 18.9 Å². The molecule has 29 heavy (non-hydrogen) atoms. The molecule has 1 amide bonds. The summed E-state index contributed by atoms with van der Waals surface area (Å²) >= 11 is 0. The zero-order valence-corrected chi connectivity index (χ0v) is 15.7. The molecular weight excluding hydrogens is 368 g/mol. The fourth-order valence-corrected chi connectivity index (χ4v) is 3.54. The van der Waals surface area contributed by atoms with Crippen LogP contribution in [0.3, 0.4) is 0 Å². The quantitative estimate of drug-likeness (QED) is 0.517. The number of nitro groups is 1. The SMILES string of the molecule is O=C(N[C@@H](c1ccccc1)c1ccc2c(c1)CCCO2)c1cccc([N+](=O)[O-])c1. The molecule has 3 aromatic carbocycles. The first-order valence-corrected chi connectivity index (χ1v) is 9.48. The van der Waals surface area contributed by atoms with Crippen molar-refractivity contribution in [3.05, 3.63) is 105 Å². The number of nitrogens with one attached hydrogen (secondary N) is 1. The number of carbonyl (C=O) groups is 1. The third kappa shape index (κ3) is 4.11. The molecule has 1 aliphatic rings. The van der Waals surface area contributed by atoms with Gasteiger partial charge in [-0.1, -0.05) is 42.5 Å². The Kier molecular flexibility index (Phi) is 5.24. The predicted octanol–water partition coefficient (Wildman–Crippen LogP) is 4.44. The minimum absolute atomic E-state index is 0.111. The van der Waals surface area contributed by atoms with E-state index in [0.717, 1.165) is 41.9 Å². The molecule has 0 spiro atoms. The zero-order chi connectivity index (χ0) is 20.2. The Balaban J connectivity index is 1.68. The number of fused-ring (bicyclic) bond motifs is 1. The van der Waals surface area contributed by atoms with Gasteiger partial charge in [0.2, 0.25) is 0 Å². The summed E-state index contributed by atoms with van der Waals surface area (Å²) in [6.45, 7) is 0.720. The predicted molar refractivity (Wildman–Crippen MR) is 109 cm³/mol. The van der Waals surface area contributed by atoms with Crippen molar-refractivity contribution < 1.29 is 14.5 Å². The van der Waals surface area contributed by atoms with Crippen molar-refractivity contribution in [2.75, 3.05) is 6.61 Å². The standard InChI is InChI=1S/C23H20N2O4/c26-23(19-8-4-10-20(15-19)25(27)28)24-22(16-6-2-1-3-7-16)18-11-12-21-17(14-18)9-5-13-29-21/h1-4,6-8,10-12,14-15,22H,5,9,13H2,(H,24,26)/t22-/m0/s1. The lowest BCUT2D eigenvalue weighted by Crippen LogP contribution is -2.29. The molecule has 0 aromatic heterocycles. The van der Waals surface area contributed by atoms with Crippen molar-refractivity contribution >= 4 is 11.6 Å². The van der Waals surface area contributed by atoms with Crippen LogP contribution in [0.2, 0.25) is 0 Å². The van der Waals surface area contributed by atoms with E-state index in [1.54, 1.807) is 6.07 Å². The van der Waals surface area contributed by atoms with Crippen LogP contribution in [0.4, 0.5) is 5.69 Å². The van der Waals surface area contributed by atoms with Crippen LogP contribution >= 0.6 is 0 Å². The zero-order valence-electron chi connectivity index (χ0n) is 15.7. The second-order valence-corrected chi connectivity index (χ2v) is 6.94. The minimum Gasteiger partial charge on any atom is -0.493 e. The van der Waals surface area contributed by atoms with Gasteiger partial charge in [-0.05, 0) is 47.7 Å². The average molecular weight is 388 g/mol. The molecule has 0 fully saturated rings. The van der Waals surface area contributed by atoms with E-state index < -0.39 is 4.92 Å². The summed E-state index contributed by atoms with van der Waals surface area (Å²) in [4.78, 5) is 23.4. The van der Waals surface area contributed by atoms with Crippen LogP contribution in [0.1, 0.15) is 39.5 Å². The Bertz CT molecular complexity index is 1050. The highest BCUT2D eigenvalue weighted by molar-refractivity contribution is 5.95. The van der Waals surface area contributed by atoms with Crippen LogP contribution in [0.25, 0.3) is 0 Å². The van der Waals surface area contributed by atoms with Crippen LogP contribution in [0.5, 0.6) is 5.75 Å². The van der Waals surface area contributed by atoms with Crippen LogP contribution in [0, 0.1) is 10.1 Å². The van der Waals surface area contributed by atoms with Crippen molar-refractivity contribution in [2.24, 2.45) is 0 Å². The molecule has 0 saturated heterocycles. The number of hydrogen-bond acceptors (Lipinski definition) is 4. The number of carbonyl (C=O) groups excluding carboxylic acids is 1. The molecule has 4 rings (SSSR count). The summed E-state index contributed by atoms with van der Waals surface area (Å²) in [5, 5.41) is 14.1. The number of aryl methyl sites for hydroxylation is 1. The second kappa shape index (κ2) is 8.14. The third-order valence-electron chi connectivity index (χ3n) is 4.99. The maximum atomic E-state index is 12.9. The van der Waals surface area contributed by atoms with E-state index in [1.807, 2.05) is 42.5 Å². The number of nitrogens with zero attached hydrogens (tertiary/aromatic N) is 1. The Morgan fingerprint density at radius 1 is 1.00 bits per heavy atom. The first kappa shape index (κ1) is 18.7. The van der Waals surface area contributed by atoms with Crippen LogP contribution in [-0.4, -0.2) is 17.4 Å². The highest BCUT2D eigenvalue weighted by Gasteiger charge is 2.21. The summed E-state index contributed by atoms with van der Waals surface area (Å²) in [7, 11) is 0. The molecule has 1 N–H and O–H groups in total. The molecule has 1 atom stereocenters. The van der Waals surface area contributed by atoms with Crippen LogP contribution in [0.15, 0.2) is 72.8 Å². The lowest BCUT2D eigenvalue weighted by Gasteiger charge is -2.23. The molecule has 0 aliphatic carbocycles. The van der Waals surface area contributed by atoms with Crippen LogP contribution in [-0.2, 0) is 6.42 Å². The molecule has 6 heteroatoms. The molecule has 0 radical (unpaired) electrons. The highest BCUT2D eigenvalue weighted by Crippen LogP contribution is 2.30. The Labute approximate surface area is 168 Å². The fraction of sp³-hybridized carbons (Fsp3) is 0.174. The molecule has 1 aliphatic heterocycles. The van der Waals surface area contributed by atoms with Gasteiger partial charge in [-0.25, -0.2) is 0 Å². The van der Waals surface area contributed by atoms with Gasteiger partial charge in [-0.2, -0.15) is 0 Å². The average Bonchev–Trinajstić information content (AvgIpc) is 2.77. The van der Waals surface area contributed by atoms with Gasteiger partial charge in [0, 0.05) is 17.7 Å². The number of ether oxygens (including phenoxy) is 1. The summed E-state index contributed by atoms with van der Waals surface area (Å²) < 4.78 is 5.70. The monoisotopic (exact) mass is 388 g/mol. The van der Waals surface area contributed by atoms with Gasteiger partial charge in [0.15, 0.2) is 0 Å². The van der Waals surface area contributed by atoms with Gasteiger partial charge in [0.05, 0.1) is 17.6 Å². The summed E-state index contributed by atoms with van der Waals surface area (Å²) in [6.07, 6.45) is 1.90. The number of rotatable bonds is 5. The summed E-state index contributed by atoms with van der Waals surface area (Å²) in [5.74, 6) is 0.522. The van der Waals surface area contributed by atoms with E-state index in [0.29, 0.717) is 0 Å². The van der Waals surface area contributed by atoms with E-state index in [1.165, 1.54) is 18.2 Å². The lowest BCUT2D eigenvalue weighted by molar-refractivity contribution is -0.384. The number of amides is 1. The van der Waals surface area contributed by atoms with Gasteiger partial charge < -0.3 is 10.1 Å². The smallest absolute Gasteiger partial charge is 0.270 e. The largest absolute Gasteiger partial charge is 0.493 e. The first-order valence-electron chi connectivity index (χ1n) is 9.48. The number of benzene rings is 3. The fourth-order valence-electron chi connectivity index (χ4n) is 3.54. The Morgan fingerprint density at radius 2 is 1.83 bits per heavy atom. The third-order valence-corrected chi connectivity index (χ3v) is 4.99. The number of non-ortho nitro benzene ring substituents is 1. The minimum atomic E-state index is -0.505. The van der Waals surface area contributed by atoms with Gasteiger partial charge in [-0.3, -0.25) is 14.9 Å².